The fourth-order valence-corrected chi connectivity index (χ4v) is 2.00. The molecule has 1 aromatic rings. The minimum absolute atomic E-state index is 0.0765. The second-order valence-corrected chi connectivity index (χ2v) is 5.00. The Kier molecular flexibility index (Phi) is 7.61. The molecular weight excluding hydrogens is 282 g/mol. The lowest BCUT2D eigenvalue weighted by molar-refractivity contribution is -0.139. The monoisotopic (exact) mass is 303 g/mol. The number of allylic oxidation sites excluding steroid dienone is 1. The molecule has 0 aromatic heterocycles. The summed E-state index contributed by atoms with van der Waals surface area (Å²) >= 11 is 0. The highest BCUT2D eigenvalue weighted by atomic mass is 16.4. The van der Waals surface area contributed by atoms with Gasteiger partial charge in [-0.3, -0.25) is 14.4 Å². The van der Waals surface area contributed by atoms with Crippen LogP contribution in [0.5, 0.6) is 0 Å². The number of hydrogen-bond donors (Lipinski definition) is 2. The van der Waals surface area contributed by atoms with Gasteiger partial charge in [0.25, 0.3) is 0 Å². The molecule has 22 heavy (non-hydrogen) atoms. The number of ketones is 1. The Morgan fingerprint density at radius 2 is 1.82 bits per heavy atom. The van der Waals surface area contributed by atoms with Gasteiger partial charge >= 0.3 is 5.97 Å². The first kappa shape index (κ1) is 17.6. The second kappa shape index (κ2) is 9.50. The van der Waals surface area contributed by atoms with Crippen molar-refractivity contribution in [1.29, 1.82) is 0 Å². The number of carboxylic acids is 1. The molecule has 0 heterocycles. The van der Waals surface area contributed by atoms with Gasteiger partial charge < -0.3 is 10.4 Å². The zero-order valence-corrected chi connectivity index (χ0v) is 12.5. The summed E-state index contributed by atoms with van der Waals surface area (Å²) in [6.45, 7) is 3.58. The molecule has 1 unspecified atom stereocenters. The van der Waals surface area contributed by atoms with Gasteiger partial charge in [-0.05, 0) is 18.4 Å². The summed E-state index contributed by atoms with van der Waals surface area (Å²) < 4.78 is 0. The van der Waals surface area contributed by atoms with Gasteiger partial charge in [0.1, 0.15) is 0 Å². The predicted octanol–water partition coefficient (Wildman–Crippen LogP) is 2.11. The molecule has 0 radical (unpaired) electrons. The van der Waals surface area contributed by atoms with Crippen LogP contribution in [0, 0.1) is 0 Å². The molecule has 5 nitrogen and oxygen atoms in total. The van der Waals surface area contributed by atoms with Crippen molar-refractivity contribution >= 4 is 17.7 Å². The normalized spacial score (nSPS) is 11.5. The third-order valence-electron chi connectivity index (χ3n) is 3.17. The van der Waals surface area contributed by atoms with Crippen LogP contribution in [0.15, 0.2) is 43.0 Å². The van der Waals surface area contributed by atoms with E-state index in [2.05, 4.69) is 11.9 Å². The van der Waals surface area contributed by atoms with Crippen LogP contribution < -0.4 is 5.32 Å². The van der Waals surface area contributed by atoms with Gasteiger partial charge in [0.2, 0.25) is 5.91 Å². The third kappa shape index (κ3) is 6.83. The first-order valence-electron chi connectivity index (χ1n) is 7.21. The number of carbonyl (C=O) groups excluding carboxylic acids is 2. The molecule has 0 bridgehead atoms. The van der Waals surface area contributed by atoms with Crippen LogP contribution in [0.1, 0.15) is 31.2 Å². The van der Waals surface area contributed by atoms with E-state index < -0.39 is 17.9 Å². The average molecular weight is 303 g/mol. The van der Waals surface area contributed by atoms with Gasteiger partial charge in [-0.25, -0.2) is 0 Å². The minimum atomic E-state index is -1.03. The molecule has 0 saturated heterocycles. The van der Waals surface area contributed by atoms with Gasteiger partial charge in [0.15, 0.2) is 5.78 Å². The quantitative estimate of drug-likeness (QED) is 0.648. The van der Waals surface area contributed by atoms with E-state index in [0.29, 0.717) is 19.3 Å². The highest BCUT2D eigenvalue weighted by Crippen LogP contribution is 2.07. The van der Waals surface area contributed by atoms with Crippen LogP contribution in [-0.4, -0.2) is 28.8 Å². The van der Waals surface area contributed by atoms with Crippen molar-refractivity contribution in [3.63, 3.8) is 0 Å². The summed E-state index contributed by atoms with van der Waals surface area (Å²) in [5, 5.41) is 11.2. The molecule has 2 N–H and O–H groups in total. The Labute approximate surface area is 130 Å². The van der Waals surface area contributed by atoms with Crippen LogP contribution in [0.2, 0.25) is 0 Å². The lowest BCUT2D eigenvalue weighted by Gasteiger charge is -2.17. The van der Waals surface area contributed by atoms with E-state index in [1.54, 1.807) is 6.08 Å². The summed E-state index contributed by atoms with van der Waals surface area (Å²) in [5.74, 6) is -1.53. The lowest BCUT2D eigenvalue weighted by Crippen LogP contribution is -2.42. The van der Waals surface area contributed by atoms with Crippen LogP contribution in [0.3, 0.4) is 0 Å². The Hall–Kier alpha value is -2.43. The maximum Gasteiger partial charge on any atom is 0.303 e. The van der Waals surface area contributed by atoms with Crippen molar-refractivity contribution in [2.75, 3.05) is 0 Å². The molecule has 1 aromatic carbocycles. The molecule has 5 heteroatoms. The van der Waals surface area contributed by atoms with Crippen molar-refractivity contribution in [2.24, 2.45) is 0 Å². The topological polar surface area (TPSA) is 83.5 Å². The molecule has 0 aliphatic rings. The number of rotatable bonds is 10. The number of amides is 1. The molecule has 118 valence electrons. The standard InChI is InChI=1S/C17H21NO4/c1-2-3-9-15(19)14(12-13-7-5-4-6-8-13)18-16(20)10-11-17(21)22/h2,4-8,14H,1,3,9-12H2,(H,18,20)(H,21,22). The number of Topliss-reactive ketones (excluding diaryl/α,β-unsaturated/α-hetero) is 1. The van der Waals surface area contributed by atoms with E-state index in [0.717, 1.165) is 5.56 Å². The minimum Gasteiger partial charge on any atom is -0.481 e. The first-order chi connectivity index (χ1) is 10.5. The van der Waals surface area contributed by atoms with Gasteiger partial charge in [-0.1, -0.05) is 36.4 Å². The molecule has 1 rings (SSSR count). The van der Waals surface area contributed by atoms with Crippen molar-refractivity contribution in [2.45, 2.75) is 38.1 Å². The van der Waals surface area contributed by atoms with E-state index in [4.69, 9.17) is 5.11 Å². The van der Waals surface area contributed by atoms with Gasteiger partial charge in [0, 0.05) is 12.8 Å². The van der Waals surface area contributed by atoms with Crippen LogP contribution in [0.4, 0.5) is 0 Å². The SMILES string of the molecule is C=CCCC(=O)C(Cc1ccccc1)NC(=O)CCC(=O)O. The molecule has 0 saturated carbocycles. The third-order valence-corrected chi connectivity index (χ3v) is 3.17. The zero-order valence-electron chi connectivity index (χ0n) is 12.5. The van der Waals surface area contributed by atoms with Crippen LogP contribution in [-0.2, 0) is 20.8 Å². The van der Waals surface area contributed by atoms with Crippen LogP contribution in [0.25, 0.3) is 0 Å². The van der Waals surface area contributed by atoms with E-state index in [1.165, 1.54) is 0 Å². The molecule has 0 aliphatic carbocycles. The average Bonchev–Trinajstić information content (AvgIpc) is 2.51. The summed E-state index contributed by atoms with van der Waals surface area (Å²) in [6, 6.07) is 8.75. The van der Waals surface area contributed by atoms with Gasteiger partial charge in [-0.2, -0.15) is 0 Å². The molecule has 0 spiro atoms. The van der Waals surface area contributed by atoms with Crippen molar-refractivity contribution in [3.05, 3.63) is 48.6 Å². The molecular formula is C17H21NO4. The fourth-order valence-electron chi connectivity index (χ4n) is 2.00. The summed E-state index contributed by atoms with van der Waals surface area (Å²) in [5.41, 5.74) is 0.943. The molecule has 1 amide bonds. The fraction of sp³-hybridized carbons (Fsp3) is 0.353. The smallest absolute Gasteiger partial charge is 0.303 e. The van der Waals surface area contributed by atoms with Gasteiger partial charge in [0.05, 0.1) is 12.5 Å². The number of carboxylic acid groups (broad SMARTS) is 1. The van der Waals surface area contributed by atoms with Crippen molar-refractivity contribution in [1.82, 2.24) is 5.32 Å². The number of nitrogens with one attached hydrogen (secondary N) is 1. The predicted molar refractivity (Wildman–Crippen MR) is 83.4 cm³/mol. The summed E-state index contributed by atoms with van der Waals surface area (Å²) in [4.78, 5) is 34.5. The highest BCUT2D eigenvalue weighted by molar-refractivity contribution is 5.90. The number of carbonyl (C=O) groups is 3. The highest BCUT2D eigenvalue weighted by Gasteiger charge is 2.20. The van der Waals surface area contributed by atoms with E-state index in [-0.39, 0.29) is 18.6 Å². The molecule has 0 aliphatic heterocycles. The maximum absolute atomic E-state index is 12.2. The maximum atomic E-state index is 12.2. The Morgan fingerprint density at radius 3 is 2.41 bits per heavy atom. The first-order valence-corrected chi connectivity index (χ1v) is 7.21. The number of hydrogen-bond acceptors (Lipinski definition) is 3. The van der Waals surface area contributed by atoms with Crippen molar-refractivity contribution < 1.29 is 19.5 Å². The second-order valence-electron chi connectivity index (χ2n) is 5.00. The van der Waals surface area contributed by atoms with E-state index in [1.807, 2.05) is 30.3 Å². The van der Waals surface area contributed by atoms with E-state index in [9.17, 15) is 14.4 Å². The molecule has 1 atom stereocenters. The largest absolute Gasteiger partial charge is 0.481 e. The number of benzene rings is 1. The Morgan fingerprint density at radius 1 is 1.14 bits per heavy atom. The van der Waals surface area contributed by atoms with Crippen molar-refractivity contribution in [3.8, 4) is 0 Å². The lowest BCUT2D eigenvalue weighted by atomic mass is 9.99. The summed E-state index contributed by atoms with van der Waals surface area (Å²) in [6.07, 6.45) is 2.54. The van der Waals surface area contributed by atoms with Gasteiger partial charge in [-0.15, -0.1) is 6.58 Å². The Balaban J connectivity index is 2.68. The molecule has 0 fully saturated rings. The number of aliphatic carboxylic acids is 1. The van der Waals surface area contributed by atoms with E-state index >= 15 is 0 Å². The zero-order chi connectivity index (χ0) is 16.4. The summed E-state index contributed by atoms with van der Waals surface area (Å²) in [7, 11) is 0. The van der Waals surface area contributed by atoms with Crippen LogP contribution >= 0.6 is 0 Å². The Bertz CT molecular complexity index is 525.